The first-order valence-electron chi connectivity index (χ1n) is 9.55. The normalized spacial score (nSPS) is 15.4. The Morgan fingerprint density at radius 2 is 1.81 bits per heavy atom. The summed E-state index contributed by atoms with van der Waals surface area (Å²) in [7, 11) is 3.87. The van der Waals surface area contributed by atoms with E-state index < -0.39 is 0 Å². The highest BCUT2D eigenvalue weighted by atomic mass is 35.5. The van der Waals surface area contributed by atoms with Gasteiger partial charge < -0.3 is 9.80 Å². The van der Waals surface area contributed by atoms with Gasteiger partial charge in [0.2, 0.25) is 5.91 Å². The molecule has 0 N–H and O–H groups in total. The monoisotopic (exact) mass is 385 g/mol. The standard InChI is InChI=1S/C22H28ClN3O/c1-16-12-18(13-17-4-6-20(23)7-5-17)14-21(24-16)19-8-10-26(11-9-19)22(27)15-25(2)3/h4-7,12,14,19H,8-11,13,15H2,1-3H3. The van der Waals surface area contributed by atoms with Crippen LogP contribution >= 0.6 is 11.6 Å². The largest absolute Gasteiger partial charge is 0.342 e. The number of carbonyl (C=O) groups is 1. The molecule has 27 heavy (non-hydrogen) atoms. The van der Waals surface area contributed by atoms with Crippen LogP contribution in [0.1, 0.15) is 41.3 Å². The molecule has 5 heteroatoms. The van der Waals surface area contributed by atoms with Gasteiger partial charge in [0.15, 0.2) is 0 Å². The topological polar surface area (TPSA) is 36.4 Å². The highest BCUT2D eigenvalue weighted by Crippen LogP contribution is 2.28. The van der Waals surface area contributed by atoms with E-state index in [-0.39, 0.29) is 5.91 Å². The first-order valence-corrected chi connectivity index (χ1v) is 9.93. The second-order valence-corrected chi connectivity index (χ2v) is 8.17. The van der Waals surface area contributed by atoms with Crippen molar-refractivity contribution in [1.82, 2.24) is 14.8 Å². The van der Waals surface area contributed by atoms with E-state index in [9.17, 15) is 4.79 Å². The van der Waals surface area contributed by atoms with Gasteiger partial charge in [0.25, 0.3) is 0 Å². The second-order valence-electron chi connectivity index (χ2n) is 7.74. The van der Waals surface area contributed by atoms with Gasteiger partial charge in [-0.2, -0.15) is 0 Å². The van der Waals surface area contributed by atoms with Gasteiger partial charge in [0.1, 0.15) is 0 Å². The van der Waals surface area contributed by atoms with Gasteiger partial charge in [-0.1, -0.05) is 23.7 Å². The molecule has 2 aromatic rings. The van der Waals surface area contributed by atoms with E-state index in [1.807, 2.05) is 36.0 Å². The van der Waals surface area contributed by atoms with Crippen molar-refractivity contribution in [3.05, 3.63) is 63.9 Å². The van der Waals surface area contributed by atoms with E-state index in [1.165, 1.54) is 16.8 Å². The van der Waals surface area contributed by atoms with Crippen LogP contribution in [0.25, 0.3) is 0 Å². The van der Waals surface area contributed by atoms with Crippen LogP contribution in [0.2, 0.25) is 5.02 Å². The maximum atomic E-state index is 12.2. The predicted molar refractivity (Wildman–Crippen MR) is 110 cm³/mol. The van der Waals surface area contributed by atoms with Crippen molar-refractivity contribution >= 4 is 17.5 Å². The first kappa shape index (κ1) is 19.8. The highest BCUT2D eigenvalue weighted by Gasteiger charge is 2.25. The molecule has 0 atom stereocenters. The lowest BCUT2D eigenvalue weighted by Gasteiger charge is -2.32. The number of aromatic nitrogens is 1. The number of likely N-dealkylation sites (N-methyl/N-ethyl adjacent to an activating group) is 1. The lowest BCUT2D eigenvalue weighted by atomic mass is 9.91. The Labute approximate surface area is 167 Å². The Balaban J connectivity index is 1.66. The van der Waals surface area contributed by atoms with E-state index >= 15 is 0 Å². The van der Waals surface area contributed by atoms with Crippen molar-refractivity contribution in [1.29, 1.82) is 0 Å². The number of benzene rings is 1. The molecule has 0 radical (unpaired) electrons. The van der Waals surface area contributed by atoms with Crippen LogP contribution in [0.3, 0.4) is 0 Å². The van der Waals surface area contributed by atoms with Gasteiger partial charge in [-0.25, -0.2) is 0 Å². The molecule has 1 aliphatic rings. The maximum absolute atomic E-state index is 12.2. The molecule has 1 aliphatic heterocycles. The Bertz CT molecular complexity index is 781. The summed E-state index contributed by atoms with van der Waals surface area (Å²) in [6, 6.07) is 12.4. The molecule has 4 nitrogen and oxygen atoms in total. The fourth-order valence-electron chi connectivity index (χ4n) is 3.71. The molecule has 0 bridgehead atoms. The first-order chi connectivity index (χ1) is 12.9. The minimum atomic E-state index is 0.221. The van der Waals surface area contributed by atoms with E-state index in [4.69, 9.17) is 16.6 Å². The molecule has 1 aromatic heterocycles. The lowest BCUT2D eigenvalue weighted by molar-refractivity contribution is -0.132. The number of piperidine rings is 1. The molecule has 1 fully saturated rings. The zero-order chi connectivity index (χ0) is 19.4. The second kappa shape index (κ2) is 8.85. The molecule has 0 aliphatic carbocycles. The third-order valence-corrected chi connectivity index (χ3v) is 5.32. The zero-order valence-electron chi connectivity index (χ0n) is 16.4. The smallest absolute Gasteiger partial charge is 0.236 e. The Morgan fingerprint density at radius 1 is 1.15 bits per heavy atom. The molecule has 144 valence electrons. The number of hydrogen-bond donors (Lipinski definition) is 0. The Kier molecular flexibility index (Phi) is 6.51. The van der Waals surface area contributed by atoms with Crippen LogP contribution in [0, 0.1) is 6.92 Å². The number of halogens is 1. The van der Waals surface area contributed by atoms with E-state index in [2.05, 4.69) is 31.2 Å². The molecule has 1 saturated heterocycles. The van der Waals surface area contributed by atoms with Crippen LogP contribution in [-0.2, 0) is 11.2 Å². The molecule has 0 saturated carbocycles. The van der Waals surface area contributed by atoms with Gasteiger partial charge in [0.05, 0.1) is 6.54 Å². The Morgan fingerprint density at radius 3 is 2.44 bits per heavy atom. The number of pyridine rings is 1. The number of aryl methyl sites for hydroxylation is 1. The minimum Gasteiger partial charge on any atom is -0.342 e. The molecule has 1 aromatic carbocycles. The molecular weight excluding hydrogens is 358 g/mol. The fraction of sp³-hybridized carbons (Fsp3) is 0.455. The van der Waals surface area contributed by atoms with Gasteiger partial charge in [-0.15, -0.1) is 0 Å². The van der Waals surface area contributed by atoms with E-state index in [1.54, 1.807) is 0 Å². The third kappa shape index (κ3) is 5.53. The summed E-state index contributed by atoms with van der Waals surface area (Å²) in [5, 5.41) is 0.765. The summed E-state index contributed by atoms with van der Waals surface area (Å²) >= 11 is 5.99. The Hall–Kier alpha value is -1.91. The summed E-state index contributed by atoms with van der Waals surface area (Å²) in [6.07, 6.45) is 2.85. The number of rotatable bonds is 5. The molecule has 0 unspecified atom stereocenters. The molecular formula is C22H28ClN3O. The average molecular weight is 386 g/mol. The number of likely N-dealkylation sites (tertiary alicyclic amines) is 1. The summed E-state index contributed by atoms with van der Waals surface area (Å²) in [4.78, 5) is 21.0. The van der Waals surface area contributed by atoms with Gasteiger partial charge >= 0.3 is 0 Å². The van der Waals surface area contributed by atoms with E-state index in [0.717, 1.165) is 43.1 Å². The van der Waals surface area contributed by atoms with Crippen LogP contribution in [0.4, 0.5) is 0 Å². The average Bonchev–Trinajstić information content (AvgIpc) is 2.63. The number of nitrogens with zero attached hydrogens (tertiary/aromatic N) is 3. The van der Waals surface area contributed by atoms with Crippen molar-refractivity contribution in [2.45, 2.75) is 32.1 Å². The van der Waals surface area contributed by atoms with Crippen molar-refractivity contribution in [3.8, 4) is 0 Å². The van der Waals surface area contributed by atoms with Crippen molar-refractivity contribution in [2.75, 3.05) is 33.7 Å². The van der Waals surface area contributed by atoms with Crippen molar-refractivity contribution in [2.24, 2.45) is 0 Å². The highest BCUT2D eigenvalue weighted by molar-refractivity contribution is 6.30. The lowest BCUT2D eigenvalue weighted by Crippen LogP contribution is -2.42. The number of carbonyl (C=O) groups excluding carboxylic acids is 1. The van der Waals surface area contributed by atoms with Crippen LogP contribution in [0.15, 0.2) is 36.4 Å². The van der Waals surface area contributed by atoms with Crippen LogP contribution in [-0.4, -0.2) is 54.4 Å². The minimum absolute atomic E-state index is 0.221. The van der Waals surface area contributed by atoms with Gasteiger partial charge in [-0.3, -0.25) is 9.78 Å². The number of hydrogen-bond acceptors (Lipinski definition) is 3. The molecule has 1 amide bonds. The predicted octanol–water partition coefficient (Wildman–Crippen LogP) is 3.90. The molecule has 3 rings (SSSR count). The van der Waals surface area contributed by atoms with E-state index in [0.29, 0.717) is 12.5 Å². The molecule has 2 heterocycles. The fourth-order valence-corrected chi connectivity index (χ4v) is 3.84. The summed E-state index contributed by atoms with van der Waals surface area (Å²) in [5.41, 5.74) is 4.76. The third-order valence-electron chi connectivity index (χ3n) is 5.07. The van der Waals surface area contributed by atoms with Gasteiger partial charge in [-0.05, 0) is 75.7 Å². The SMILES string of the molecule is Cc1cc(Cc2ccc(Cl)cc2)cc(C2CCN(C(=O)CN(C)C)CC2)n1. The van der Waals surface area contributed by atoms with Crippen LogP contribution < -0.4 is 0 Å². The zero-order valence-corrected chi connectivity index (χ0v) is 17.2. The molecule has 0 spiro atoms. The summed E-state index contributed by atoms with van der Waals surface area (Å²) in [5.74, 6) is 0.649. The van der Waals surface area contributed by atoms with Crippen LogP contribution in [0.5, 0.6) is 0 Å². The number of amides is 1. The summed E-state index contributed by atoms with van der Waals surface area (Å²) < 4.78 is 0. The van der Waals surface area contributed by atoms with Crippen molar-refractivity contribution in [3.63, 3.8) is 0 Å². The van der Waals surface area contributed by atoms with Gasteiger partial charge in [0, 0.05) is 35.4 Å². The van der Waals surface area contributed by atoms with Crippen molar-refractivity contribution < 1.29 is 4.79 Å². The summed E-state index contributed by atoms with van der Waals surface area (Å²) in [6.45, 7) is 4.18. The maximum Gasteiger partial charge on any atom is 0.236 e. The quantitative estimate of drug-likeness (QED) is 0.783.